The number of benzene rings is 1. The van der Waals surface area contributed by atoms with Gasteiger partial charge in [-0.2, -0.15) is 0 Å². The monoisotopic (exact) mass is 305 g/mol. The van der Waals surface area contributed by atoms with Crippen LogP contribution >= 0.6 is 0 Å². The Kier molecular flexibility index (Phi) is 4.25. The van der Waals surface area contributed by atoms with E-state index in [0.717, 1.165) is 50.3 Å². The van der Waals surface area contributed by atoms with Crippen molar-refractivity contribution >= 4 is 5.97 Å². The van der Waals surface area contributed by atoms with Crippen molar-refractivity contribution < 1.29 is 19.4 Å². The number of ether oxygens (including phenoxy) is 2. The van der Waals surface area contributed by atoms with Crippen molar-refractivity contribution in [3.8, 4) is 11.5 Å². The van der Waals surface area contributed by atoms with Gasteiger partial charge in [-0.3, -0.25) is 9.69 Å². The third kappa shape index (κ3) is 3.04. The molecule has 0 bridgehead atoms. The molecule has 1 saturated heterocycles. The van der Waals surface area contributed by atoms with Gasteiger partial charge < -0.3 is 14.6 Å². The molecule has 0 unspecified atom stereocenters. The van der Waals surface area contributed by atoms with Gasteiger partial charge in [0.2, 0.25) is 0 Å². The first-order valence-electron chi connectivity index (χ1n) is 8.00. The number of carboxylic acid groups (broad SMARTS) is 1. The molecule has 0 radical (unpaired) electrons. The van der Waals surface area contributed by atoms with E-state index in [9.17, 15) is 4.79 Å². The summed E-state index contributed by atoms with van der Waals surface area (Å²) in [7, 11) is 0. The largest absolute Gasteiger partial charge is 0.493 e. The number of likely N-dealkylation sites (tertiary alicyclic amines) is 1. The molecule has 2 aliphatic rings. The number of nitrogens with zero attached hydrogens (tertiary/aromatic N) is 1. The standard InChI is InChI=1S/C17H23NO4/c1-2-21-14-4-3-5-15-13(14)6-7-17(22-15)8-10-18(11-9-17)12-16(19)20/h3-5H,2,6-12H2,1H3,(H,19,20). The molecule has 1 fully saturated rings. The minimum Gasteiger partial charge on any atom is -0.493 e. The van der Waals surface area contributed by atoms with Crippen LogP contribution in [0.4, 0.5) is 0 Å². The van der Waals surface area contributed by atoms with Gasteiger partial charge in [0.05, 0.1) is 13.2 Å². The van der Waals surface area contributed by atoms with Crippen molar-refractivity contribution in [3.05, 3.63) is 23.8 Å². The number of hydrogen-bond donors (Lipinski definition) is 1. The van der Waals surface area contributed by atoms with E-state index in [4.69, 9.17) is 14.6 Å². The first kappa shape index (κ1) is 15.2. The number of piperidine rings is 1. The summed E-state index contributed by atoms with van der Waals surface area (Å²) in [4.78, 5) is 12.8. The molecular formula is C17H23NO4. The van der Waals surface area contributed by atoms with Gasteiger partial charge in [-0.15, -0.1) is 0 Å². The van der Waals surface area contributed by atoms with E-state index in [1.807, 2.05) is 30.0 Å². The predicted molar refractivity (Wildman–Crippen MR) is 82.6 cm³/mol. The first-order valence-corrected chi connectivity index (χ1v) is 8.00. The zero-order chi connectivity index (χ0) is 15.6. The molecule has 0 aliphatic carbocycles. The molecule has 3 rings (SSSR count). The van der Waals surface area contributed by atoms with Crippen LogP contribution in [-0.2, 0) is 11.2 Å². The summed E-state index contributed by atoms with van der Waals surface area (Å²) in [6.07, 6.45) is 3.71. The quantitative estimate of drug-likeness (QED) is 0.925. The average molecular weight is 305 g/mol. The molecule has 1 N–H and O–H groups in total. The number of carboxylic acids is 1. The van der Waals surface area contributed by atoms with E-state index in [0.29, 0.717) is 6.61 Å². The van der Waals surface area contributed by atoms with Crippen molar-refractivity contribution in [1.82, 2.24) is 4.90 Å². The molecule has 1 spiro atoms. The van der Waals surface area contributed by atoms with Gasteiger partial charge >= 0.3 is 5.97 Å². The minimum atomic E-state index is -0.757. The first-order chi connectivity index (χ1) is 10.6. The molecule has 120 valence electrons. The topological polar surface area (TPSA) is 59.0 Å². The van der Waals surface area contributed by atoms with Crippen LogP contribution in [-0.4, -0.2) is 47.8 Å². The van der Waals surface area contributed by atoms with E-state index >= 15 is 0 Å². The van der Waals surface area contributed by atoms with Crippen LogP contribution in [0.3, 0.4) is 0 Å². The van der Waals surface area contributed by atoms with Crippen molar-refractivity contribution in [1.29, 1.82) is 0 Å². The Bertz CT molecular complexity index is 550. The van der Waals surface area contributed by atoms with Crippen molar-refractivity contribution in [2.45, 2.75) is 38.2 Å². The molecule has 0 atom stereocenters. The maximum Gasteiger partial charge on any atom is 0.317 e. The lowest BCUT2D eigenvalue weighted by Crippen LogP contribution is -2.50. The molecule has 2 heterocycles. The molecule has 0 aromatic heterocycles. The van der Waals surface area contributed by atoms with Gasteiger partial charge in [0.25, 0.3) is 0 Å². The minimum absolute atomic E-state index is 0.126. The summed E-state index contributed by atoms with van der Waals surface area (Å²) in [6, 6.07) is 5.99. The van der Waals surface area contributed by atoms with E-state index in [2.05, 4.69) is 0 Å². The number of carbonyl (C=O) groups is 1. The van der Waals surface area contributed by atoms with Crippen molar-refractivity contribution in [2.24, 2.45) is 0 Å². The van der Waals surface area contributed by atoms with Gasteiger partial charge in [-0.1, -0.05) is 6.07 Å². The maximum atomic E-state index is 10.8. The summed E-state index contributed by atoms with van der Waals surface area (Å²) >= 11 is 0. The van der Waals surface area contributed by atoms with Gasteiger partial charge in [0, 0.05) is 18.7 Å². The predicted octanol–water partition coefficient (Wildman–Crippen LogP) is 2.33. The molecule has 22 heavy (non-hydrogen) atoms. The van der Waals surface area contributed by atoms with Crippen LogP contribution in [0.25, 0.3) is 0 Å². The zero-order valence-corrected chi connectivity index (χ0v) is 13.0. The van der Waals surface area contributed by atoms with Gasteiger partial charge in [0.1, 0.15) is 17.1 Å². The van der Waals surface area contributed by atoms with E-state index in [1.165, 1.54) is 5.56 Å². The molecule has 5 nitrogen and oxygen atoms in total. The Hall–Kier alpha value is -1.75. The number of rotatable bonds is 4. The van der Waals surface area contributed by atoms with E-state index in [1.54, 1.807) is 0 Å². The Morgan fingerprint density at radius 2 is 2.14 bits per heavy atom. The molecule has 2 aliphatic heterocycles. The second-order valence-corrected chi connectivity index (χ2v) is 6.12. The van der Waals surface area contributed by atoms with Crippen molar-refractivity contribution in [2.75, 3.05) is 26.2 Å². The fourth-order valence-corrected chi connectivity index (χ4v) is 3.48. The second-order valence-electron chi connectivity index (χ2n) is 6.12. The highest BCUT2D eigenvalue weighted by molar-refractivity contribution is 5.69. The highest BCUT2D eigenvalue weighted by Crippen LogP contribution is 2.42. The third-order valence-corrected chi connectivity index (χ3v) is 4.67. The van der Waals surface area contributed by atoms with E-state index in [-0.39, 0.29) is 12.1 Å². The fraction of sp³-hybridized carbons (Fsp3) is 0.588. The Morgan fingerprint density at radius 3 is 2.82 bits per heavy atom. The second kappa shape index (κ2) is 6.16. The lowest BCUT2D eigenvalue weighted by Gasteiger charge is -2.44. The number of aliphatic carboxylic acids is 1. The lowest BCUT2D eigenvalue weighted by molar-refractivity contribution is -0.139. The molecular weight excluding hydrogens is 282 g/mol. The Morgan fingerprint density at radius 1 is 1.36 bits per heavy atom. The maximum absolute atomic E-state index is 10.8. The van der Waals surface area contributed by atoms with Crippen LogP contribution < -0.4 is 9.47 Å². The molecule has 0 saturated carbocycles. The smallest absolute Gasteiger partial charge is 0.317 e. The SMILES string of the molecule is CCOc1cccc2c1CCC1(CCN(CC(=O)O)CC1)O2. The van der Waals surface area contributed by atoms with Crippen LogP contribution in [0, 0.1) is 0 Å². The highest BCUT2D eigenvalue weighted by Gasteiger charge is 2.40. The van der Waals surface area contributed by atoms with Crippen LogP contribution in [0.1, 0.15) is 31.7 Å². The summed E-state index contributed by atoms with van der Waals surface area (Å²) in [5.74, 6) is 1.11. The highest BCUT2D eigenvalue weighted by atomic mass is 16.5. The summed E-state index contributed by atoms with van der Waals surface area (Å²) in [6.45, 7) is 4.34. The number of hydrogen-bond acceptors (Lipinski definition) is 4. The van der Waals surface area contributed by atoms with Crippen LogP contribution in [0.5, 0.6) is 11.5 Å². The summed E-state index contributed by atoms with van der Waals surface area (Å²) < 4.78 is 12.0. The molecule has 1 aromatic carbocycles. The van der Waals surface area contributed by atoms with E-state index < -0.39 is 5.97 Å². The van der Waals surface area contributed by atoms with Gasteiger partial charge in [0.15, 0.2) is 0 Å². The van der Waals surface area contributed by atoms with Crippen molar-refractivity contribution in [3.63, 3.8) is 0 Å². The fourth-order valence-electron chi connectivity index (χ4n) is 3.48. The normalized spacial score (nSPS) is 20.2. The van der Waals surface area contributed by atoms with Gasteiger partial charge in [-0.25, -0.2) is 0 Å². The molecule has 0 amide bonds. The number of fused-ring (bicyclic) bond motifs is 1. The average Bonchev–Trinajstić information content (AvgIpc) is 2.50. The molecule has 5 heteroatoms. The Labute approximate surface area is 130 Å². The lowest BCUT2D eigenvalue weighted by atomic mass is 9.83. The Balaban J connectivity index is 1.70. The van der Waals surface area contributed by atoms with Crippen LogP contribution in [0.15, 0.2) is 18.2 Å². The van der Waals surface area contributed by atoms with Gasteiger partial charge in [-0.05, 0) is 44.7 Å². The zero-order valence-electron chi connectivity index (χ0n) is 13.0. The summed E-state index contributed by atoms with van der Waals surface area (Å²) in [5, 5.41) is 8.89. The summed E-state index contributed by atoms with van der Waals surface area (Å²) in [5.41, 5.74) is 1.04. The third-order valence-electron chi connectivity index (χ3n) is 4.67. The van der Waals surface area contributed by atoms with Crippen LogP contribution in [0.2, 0.25) is 0 Å². The molecule has 1 aromatic rings.